The molecule has 0 saturated carbocycles. The molecule has 2 rings (SSSR count). The van der Waals surface area contributed by atoms with Crippen molar-refractivity contribution in [2.24, 2.45) is 0 Å². The molecule has 104 valence electrons. The molecule has 2 aromatic heterocycles. The van der Waals surface area contributed by atoms with E-state index >= 15 is 0 Å². The zero-order valence-corrected chi connectivity index (χ0v) is 11.4. The van der Waals surface area contributed by atoms with Crippen LogP contribution in [0.5, 0.6) is 0 Å². The molecule has 0 aromatic carbocycles. The van der Waals surface area contributed by atoms with E-state index in [0.29, 0.717) is 5.13 Å². The second kappa shape index (κ2) is 6.62. The summed E-state index contributed by atoms with van der Waals surface area (Å²) in [4.78, 5) is 30.7. The van der Waals surface area contributed by atoms with E-state index in [9.17, 15) is 9.59 Å². The van der Waals surface area contributed by atoms with Gasteiger partial charge in [-0.15, -0.1) is 11.3 Å². The third kappa shape index (κ3) is 3.75. The number of carbonyl (C=O) groups excluding carboxylic acids is 2. The molecule has 0 atom stereocenters. The molecule has 2 heterocycles. The number of thiazole rings is 1. The molecular weight excluding hydrogens is 280 g/mol. The molecule has 0 saturated heterocycles. The number of hydrogen-bond donors (Lipinski definition) is 2. The average molecular weight is 292 g/mol. The van der Waals surface area contributed by atoms with Gasteiger partial charge in [-0.25, -0.2) is 9.78 Å². The zero-order valence-electron chi connectivity index (χ0n) is 10.6. The fourth-order valence-electron chi connectivity index (χ4n) is 1.37. The van der Waals surface area contributed by atoms with E-state index < -0.39 is 6.09 Å². The number of hydrogen-bond acceptors (Lipinski definition) is 6. The Hall–Kier alpha value is -2.48. The predicted octanol–water partition coefficient (Wildman–Crippen LogP) is 1.50. The molecule has 0 radical (unpaired) electrons. The van der Waals surface area contributed by atoms with E-state index in [-0.39, 0.29) is 12.5 Å². The van der Waals surface area contributed by atoms with Crippen LogP contribution in [0.15, 0.2) is 29.9 Å². The van der Waals surface area contributed by atoms with Gasteiger partial charge in [0, 0.05) is 23.3 Å². The van der Waals surface area contributed by atoms with Crippen molar-refractivity contribution in [3.63, 3.8) is 0 Å². The lowest BCUT2D eigenvalue weighted by molar-refractivity contribution is -0.115. The highest BCUT2D eigenvalue weighted by atomic mass is 32.1. The topological polar surface area (TPSA) is 93.2 Å². The first-order valence-electron chi connectivity index (χ1n) is 5.66. The smallest absolute Gasteiger partial charge is 0.407 e. The summed E-state index contributed by atoms with van der Waals surface area (Å²) in [5.41, 5.74) is 1.61. The monoisotopic (exact) mass is 292 g/mol. The molecule has 0 aliphatic rings. The summed E-state index contributed by atoms with van der Waals surface area (Å²) < 4.78 is 4.36. The highest BCUT2D eigenvalue weighted by Gasteiger charge is 2.09. The SMILES string of the molecule is COC(=O)NCC(=O)Nc1nc(-c2cccnc2)cs1. The minimum atomic E-state index is -0.657. The number of nitrogens with zero attached hydrogens (tertiary/aromatic N) is 2. The first-order chi connectivity index (χ1) is 9.69. The molecule has 2 aromatic rings. The van der Waals surface area contributed by atoms with Crippen molar-refractivity contribution in [2.75, 3.05) is 19.0 Å². The van der Waals surface area contributed by atoms with E-state index in [1.54, 1.807) is 12.4 Å². The highest BCUT2D eigenvalue weighted by molar-refractivity contribution is 7.14. The Morgan fingerprint density at radius 1 is 1.45 bits per heavy atom. The Kier molecular flexibility index (Phi) is 4.61. The Morgan fingerprint density at radius 3 is 3.00 bits per heavy atom. The van der Waals surface area contributed by atoms with Gasteiger partial charge in [0.15, 0.2) is 5.13 Å². The van der Waals surface area contributed by atoms with Crippen LogP contribution in [0.4, 0.5) is 9.93 Å². The molecule has 0 aliphatic heterocycles. The Bertz CT molecular complexity index is 600. The van der Waals surface area contributed by atoms with Gasteiger partial charge in [-0.05, 0) is 12.1 Å². The van der Waals surface area contributed by atoms with Crippen LogP contribution in [-0.4, -0.2) is 35.6 Å². The van der Waals surface area contributed by atoms with Crippen molar-refractivity contribution in [1.82, 2.24) is 15.3 Å². The molecule has 2 N–H and O–H groups in total. The van der Waals surface area contributed by atoms with Crippen LogP contribution in [0.25, 0.3) is 11.3 Å². The Morgan fingerprint density at radius 2 is 2.30 bits per heavy atom. The van der Waals surface area contributed by atoms with Gasteiger partial charge in [-0.3, -0.25) is 9.78 Å². The lowest BCUT2D eigenvalue weighted by atomic mass is 10.2. The summed E-state index contributed by atoms with van der Waals surface area (Å²) in [5.74, 6) is -0.373. The van der Waals surface area contributed by atoms with Crippen LogP contribution in [-0.2, 0) is 9.53 Å². The maximum atomic E-state index is 11.6. The van der Waals surface area contributed by atoms with Crippen molar-refractivity contribution in [3.8, 4) is 11.3 Å². The highest BCUT2D eigenvalue weighted by Crippen LogP contribution is 2.23. The number of aromatic nitrogens is 2. The first kappa shape index (κ1) is 13.9. The molecule has 7 nitrogen and oxygen atoms in total. The van der Waals surface area contributed by atoms with E-state index in [2.05, 4.69) is 25.3 Å². The summed E-state index contributed by atoms with van der Waals surface area (Å²) in [6, 6.07) is 3.69. The third-order valence-corrected chi connectivity index (χ3v) is 3.04. The minimum absolute atomic E-state index is 0.172. The van der Waals surface area contributed by atoms with Gasteiger partial charge in [-0.1, -0.05) is 0 Å². The van der Waals surface area contributed by atoms with Crippen molar-refractivity contribution in [2.45, 2.75) is 0 Å². The van der Waals surface area contributed by atoms with Gasteiger partial charge in [0.2, 0.25) is 5.91 Å². The number of amides is 2. The number of ether oxygens (including phenoxy) is 1. The fourth-order valence-corrected chi connectivity index (χ4v) is 2.10. The number of pyridine rings is 1. The van der Waals surface area contributed by atoms with Gasteiger partial charge in [0.05, 0.1) is 12.8 Å². The average Bonchev–Trinajstić information content (AvgIpc) is 2.94. The molecule has 2 amide bonds. The van der Waals surface area contributed by atoms with Crippen molar-refractivity contribution in [1.29, 1.82) is 0 Å². The number of rotatable bonds is 4. The van der Waals surface area contributed by atoms with Crippen LogP contribution in [0.2, 0.25) is 0 Å². The number of methoxy groups -OCH3 is 1. The van der Waals surface area contributed by atoms with Crippen molar-refractivity contribution >= 4 is 28.5 Å². The maximum absolute atomic E-state index is 11.6. The number of nitrogens with one attached hydrogen (secondary N) is 2. The normalized spacial score (nSPS) is 9.85. The zero-order chi connectivity index (χ0) is 14.4. The fraction of sp³-hybridized carbons (Fsp3) is 0.167. The van der Waals surface area contributed by atoms with Gasteiger partial charge in [0.1, 0.15) is 6.54 Å². The van der Waals surface area contributed by atoms with Crippen molar-refractivity contribution < 1.29 is 14.3 Å². The van der Waals surface area contributed by atoms with Gasteiger partial charge in [-0.2, -0.15) is 0 Å². The Labute approximate surface area is 119 Å². The minimum Gasteiger partial charge on any atom is -0.453 e. The van der Waals surface area contributed by atoms with Crippen LogP contribution < -0.4 is 10.6 Å². The second-order valence-corrected chi connectivity index (χ2v) is 4.53. The third-order valence-electron chi connectivity index (χ3n) is 2.29. The summed E-state index contributed by atoms with van der Waals surface area (Å²) in [6.07, 6.45) is 2.71. The molecule has 0 bridgehead atoms. The van der Waals surface area contributed by atoms with E-state index in [1.807, 2.05) is 17.5 Å². The standard InChI is InChI=1S/C12H12N4O3S/c1-19-12(18)14-6-10(17)16-11-15-9(7-20-11)8-3-2-4-13-5-8/h2-5,7H,6H2,1H3,(H,14,18)(H,15,16,17). The van der Waals surface area contributed by atoms with Crippen molar-refractivity contribution in [3.05, 3.63) is 29.9 Å². The lowest BCUT2D eigenvalue weighted by Gasteiger charge is -2.03. The largest absolute Gasteiger partial charge is 0.453 e. The number of carbonyl (C=O) groups is 2. The molecular formula is C12H12N4O3S. The van der Waals surface area contributed by atoms with E-state index in [1.165, 1.54) is 18.4 Å². The van der Waals surface area contributed by atoms with Crippen LogP contribution in [0.1, 0.15) is 0 Å². The second-order valence-electron chi connectivity index (χ2n) is 3.67. The summed E-state index contributed by atoms with van der Waals surface area (Å²) in [7, 11) is 1.23. The van der Waals surface area contributed by atoms with Gasteiger partial charge >= 0.3 is 6.09 Å². The predicted molar refractivity (Wildman–Crippen MR) is 74.4 cm³/mol. The van der Waals surface area contributed by atoms with Crippen LogP contribution in [0, 0.1) is 0 Å². The number of alkyl carbamates (subject to hydrolysis) is 1. The quantitative estimate of drug-likeness (QED) is 0.890. The lowest BCUT2D eigenvalue weighted by Crippen LogP contribution is -2.32. The molecule has 0 aliphatic carbocycles. The molecule has 0 fully saturated rings. The van der Waals surface area contributed by atoms with Gasteiger partial charge in [0.25, 0.3) is 0 Å². The summed E-state index contributed by atoms with van der Waals surface area (Å²) in [6.45, 7) is -0.172. The van der Waals surface area contributed by atoms with E-state index in [4.69, 9.17) is 0 Å². The summed E-state index contributed by atoms with van der Waals surface area (Å²) in [5, 5.41) is 7.15. The summed E-state index contributed by atoms with van der Waals surface area (Å²) >= 11 is 1.30. The van der Waals surface area contributed by atoms with Crippen LogP contribution >= 0.6 is 11.3 Å². The molecule has 8 heteroatoms. The maximum Gasteiger partial charge on any atom is 0.407 e. The molecule has 20 heavy (non-hydrogen) atoms. The molecule has 0 unspecified atom stereocenters. The molecule has 0 spiro atoms. The number of anilines is 1. The Balaban J connectivity index is 1.93. The first-order valence-corrected chi connectivity index (χ1v) is 6.54. The van der Waals surface area contributed by atoms with Gasteiger partial charge < -0.3 is 15.4 Å². The van der Waals surface area contributed by atoms with Crippen LogP contribution in [0.3, 0.4) is 0 Å². The van der Waals surface area contributed by atoms with E-state index in [0.717, 1.165) is 11.3 Å².